The Morgan fingerprint density at radius 3 is 3.18 bits per heavy atom. The van der Waals surface area contributed by atoms with E-state index in [2.05, 4.69) is 10.3 Å². The van der Waals surface area contributed by atoms with Gasteiger partial charge in [-0.25, -0.2) is 4.98 Å². The Labute approximate surface area is 128 Å². The van der Waals surface area contributed by atoms with Crippen LogP contribution in [0.25, 0.3) is 0 Å². The number of aromatic nitrogens is 2. The number of nitrogens with one attached hydrogen (secondary N) is 1. The summed E-state index contributed by atoms with van der Waals surface area (Å²) in [5.74, 6) is 0.259. The van der Waals surface area contributed by atoms with E-state index in [4.69, 9.17) is 4.65 Å². The van der Waals surface area contributed by atoms with Crippen LogP contribution in [-0.2, 0) is 18.3 Å². The van der Waals surface area contributed by atoms with E-state index in [-0.39, 0.29) is 11.9 Å². The van der Waals surface area contributed by atoms with Crippen molar-refractivity contribution in [3.63, 3.8) is 0 Å². The number of aryl methyl sites for hydroxylation is 1. The Bertz CT molecular complexity index is 745. The van der Waals surface area contributed by atoms with Crippen LogP contribution >= 0.6 is 0 Å². The van der Waals surface area contributed by atoms with Gasteiger partial charge in [0.2, 0.25) is 0 Å². The van der Waals surface area contributed by atoms with Crippen molar-refractivity contribution < 1.29 is 14.5 Å². The van der Waals surface area contributed by atoms with Crippen molar-refractivity contribution in [2.24, 2.45) is 7.05 Å². The lowest BCUT2D eigenvalue weighted by atomic mass is 9.79. The van der Waals surface area contributed by atoms with E-state index in [1.165, 1.54) is 0 Å². The maximum absolute atomic E-state index is 12.3. The molecule has 0 radical (unpaired) electrons. The van der Waals surface area contributed by atoms with Gasteiger partial charge in [-0.05, 0) is 29.6 Å². The smallest absolute Gasteiger partial charge is 0.423 e. The van der Waals surface area contributed by atoms with Crippen LogP contribution in [0.2, 0.25) is 0 Å². The molecular weight excluding hydrogens is 281 g/mol. The van der Waals surface area contributed by atoms with E-state index >= 15 is 0 Å². The predicted octanol–water partition coefficient (Wildman–Crippen LogP) is -0.0763. The summed E-state index contributed by atoms with van der Waals surface area (Å²) in [6.45, 7) is 0.346. The highest BCUT2D eigenvalue weighted by Gasteiger charge is 2.41. The Balaban J connectivity index is 1.45. The first-order valence-electron chi connectivity index (χ1n) is 7.33. The van der Waals surface area contributed by atoms with Crippen molar-refractivity contribution in [3.8, 4) is 0 Å². The Morgan fingerprint density at radius 2 is 2.41 bits per heavy atom. The quantitative estimate of drug-likeness (QED) is 0.777. The van der Waals surface area contributed by atoms with Crippen LogP contribution in [0.1, 0.15) is 34.0 Å². The molecule has 1 amide bonds. The summed E-state index contributed by atoms with van der Waals surface area (Å²) in [4.78, 5) is 16.5. The van der Waals surface area contributed by atoms with Crippen LogP contribution in [0.15, 0.2) is 30.7 Å². The zero-order valence-corrected chi connectivity index (χ0v) is 12.2. The summed E-state index contributed by atoms with van der Waals surface area (Å²) in [7, 11) is 1.09. The Morgan fingerprint density at radius 1 is 1.55 bits per heavy atom. The van der Waals surface area contributed by atoms with Crippen LogP contribution < -0.4 is 10.8 Å². The molecule has 2 atom stereocenters. The lowest BCUT2D eigenvalue weighted by molar-refractivity contribution is 0.0950. The van der Waals surface area contributed by atoms with E-state index in [1.54, 1.807) is 24.5 Å². The molecule has 1 aromatic heterocycles. The van der Waals surface area contributed by atoms with E-state index in [1.807, 2.05) is 17.8 Å². The van der Waals surface area contributed by atoms with Crippen LogP contribution in [0.4, 0.5) is 0 Å². The summed E-state index contributed by atoms with van der Waals surface area (Å²) < 4.78 is 7.14. The van der Waals surface area contributed by atoms with Gasteiger partial charge >= 0.3 is 7.12 Å². The highest BCUT2D eigenvalue weighted by Crippen LogP contribution is 2.40. The van der Waals surface area contributed by atoms with Crippen molar-refractivity contribution in [1.82, 2.24) is 14.9 Å². The number of fused-ring (bicyclic) bond motifs is 1. The third-order valence-corrected chi connectivity index (χ3v) is 4.41. The van der Waals surface area contributed by atoms with Crippen molar-refractivity contribution >= 4 is 18.5 Å². The molecular formula is C15H16BN3O3. The average Bonchev–Trinajstić information content (AvgIpc) is 2.95. The predicted molar refractivity (Wildman–Crippen MR) is 80.7 cm³/mol. The standard InChI is InChI=1S/C15H16BN3O3/c1-19-8-17-6-14(19)11-5-13(11)18-15(20)9-2-3-12-10(4-9)7-22-16(12)21/h2-4,6,8,11,13,21H,5,7H2,1H3,(H,18,20)/t11-,13-/m1/s1. The lowest BCUT2D eigenvalue weighted by Crippen LogP contribution is -2.30. The number of nitrogens with zero attached hydrogens (tertiary/aromatic N) is 2. The molecule has 22 heavy (non-hydrogen) atoms. The molecule has 4 rings (SSSR count). The van der Waals surface area contributed by atoms with Gasteiger partial charge in [-0.3, -0.25) is 4.79 Å². The highest BCUT2D eigenvalue weighted by atomic mass is 16.5. The van der Waals surface area contributed by atoms with Crippen LogP contribution in [0.5, 0.6) is 0 Å². The van der Waals surface area contributed by atoms with E-state index in [0.29, 0.717) is 18.1 Å². The molecule has 1 saturated carbocycles. The molecule has 112 valence electrons. The molecule has 0 bridgehead atoms. The number of hydrogen-bond donors (Lipinski definition) is 2. The molecule has 2 heterocycles. The van der Waals surface area contributed by atoms with E-state index in [0.717, 1.165) is 23.1 Å². The minimum Gasteiger partial charge on any atom is -0.423 e. The lowest BCUT2D eigenvalue weighted by Gasteiger charge is -2.07. The second kappa shape index (κ2) is 4.96. The molecule has 1 aliphatic heterocycles. The molecule has 0 unspecified atom stereocenters. The molecule has 2 aliphatic rings. The molecule has 1 aromatic carbocycles. The molecule has 7 heteroatoms. The molecule has 2 N–H and O–H groups in total. The maximum Gasteiger partial charge on any atom is 0.491 e. The van der Waals surface area contributed by atoms with Crippen LogP contribution in [0, 0.1) is 0 Å². The van der Waals surface area contributed by atoms with Crippen molar-refractivity contribution in [2.45, 2.75) is 25.0 Å². The van der Waals surface area contributed by atoms with Gasteiger partial charge in [-0.1, -0.05) is 6.07 Å². The summed E-state index contributed by atoms with van der Waals surface area (Å²) >= 11 is 0. The zero-order chi connectivity index (χ0) is 15.3. The first kappa shape index (κ1) is 13.5. The number of rotatable bonds is 3. The summed E-state index contributed by atoms with van der Waals surface area (Å²) in [6, 6.07) is 5.45. The molecule has 0 spiro atoms. The first-order valence-corrected chi connectivity index (χ1v) is 7.33. The highest BCUT2D eigenvalue weighted by molar-refractivity contribution is 6.61. The van der Waals surface area contributed by atoms with Gasteiger partial charge in [0.15, 0.2) is 0 Å². The third kappa shape index (κ3) is 2.22. The number of hydrogen-bond acceptors (Lipinski definition) is 4. The maximum atomic E-state index is 12.3. The second-order valence-corrected chi connectivity index (χ2v) is 5.93. The van der Waals surface area contributed by atoms with E-state index in [9.17, 15) is 9.82 Å². The second-order valence-electron chi connectivity index (χ2n) is 5.93. The van der Waals surface area contributed by atoms with Gasteiger partial charge in [0.05, 0.1) is 12.9 Å². The molecule has 1 fully saturated rings. The topological polar surface area (TPSA) is 76.4 Å². The van der Waals surface area contributed by atoms with Crippen molar-refractivity contribution in [2.75, 3.05) is 0 Å². The normalized spacial score (nSPS) is 22.5. The van der Waals surface area contributed by atoms with Crippen LogP contribution in [0.3, 0.4) is 0 Å². The Hall–Kier alpha value is -2.12. The fraction of sp³-hybridized carbons (Fsp3) is 0.333. The zero-order valence-electron chi connectivity index (χ0n) is 12.2. The first-order chi connectivity index (χ1) is 10.6. The molecule has 2 aromatic rings. The summed E-state index contributed by atoms with van der Waals surface area (Å²) in [5.41, 5.74) is 3.37. The van der Waals surface area contributed by atoms with Gasteiger partial charge in [-0.15, -0.1) is 0 Å². The van der Waals surface area contributed by atoms with Crippen molar-refractivity contribution in [3.05, 3.63) is 47.5 Å². The van der Waals surface area contributed by atoms with Gasteiger partial charge < -0.3 is 19.6 Å². The van der Waals surface area contributed by atoms with E-state index < -0.39 is 7.12 Å². The Kier molecular flexibility index (Phi) is 3.06. The average molecular weight is 297 g/mol. The van der Waals surface area contributed by atoms with Gasteiger partial charge in [-0.2, -0.15) is 0 Å². The number of imidazole rings is 1. The molecule has 6 nitrogen and oxygen atoms in total. The number of carbonyl (C=O) groups excluding carboxylic acids is 1. The summed E-state index contributed by atoms with van der Waals surface area (Å²) in [6.07, 6.45) is 4.57. The van der Waals surface area contributed by atoms with Crippen LogP contribution in [-0.4, -0.2) is 33.6 Å². The fourth-order valence-electron chi connectivity index (χ4n) is 3.03. The van der Waals surface area contributed by atoms with Crippen molar-refractivity contribution in [1.29, 1.82) is 0 Å². The monoisotopic (exact) mass is 297 g/mol. The molecule has 0 saturated heterocycles. The molecule has 1 aliphatic carbocycles. The minimum atomic E-state index is -0.871. The largest absolute Gasteiger partial charge is 0.491 e. The number of benzene rings is 1. The van der Waals surface area contributed by atoms with Gasteiger partial charge in [0.1, 0.15) is 0 Å². The van der Waals surface area contributed by atoms with Gasteiger partial charge in [0, 0.05) is 36.5 Å². The summed E-state index contributed by atoms with van der Waals surface area (Å²) in [5, 5.41) is 12.7. The number of amides is 1. The fourth-order valence-corrected chi connectivity index (χ4v) is 3.03. The SMILES string of the molecule is Cn1cncc1[C@@H]1C[C@H]1NC(=O)c1ccc2c(c1)COB2O. The van der Waals surface area contributed by atoms with Gasteiger partial charge in [0.25, 0.3) is 5.91 Å². The number of carbonyl (C=O) groups is 1. The third-order valence-electron chi connectivity index (χ3n) is 4.41. The minimum absolute atomic E-state index is 0.0844.